The van der Waals surface area contributed by atoms with Gasteiger partial charge < -0.3 is 15.2 Å². The summed E-state index contributed by atoms with van der Waals surface area (Å²) in [5, 5.41) is 16.0. The Morgan fingerprint density at radius 1 is 1.03 bits per heavy atom. The molecule has 30 heavy (non-hydrogen) atoms. The van der Waals surface area contributed by atoms with E-state index >= 15 is 0 Å². The number of aliphatic hydroxyl groups excluding tert-OH is 1. The summed E-state index contributed by atoms with van der Waals surface area (Å²) < 4.78 is 8.95. The summed E-state index contributed by atoms with van der Waals surface area (Å²) >= 11 is 1.75. The number of aryl methyl sites for hydroxylation is 2. The quantitative estimate of drug-likeness (QED) is 0.456. The third kappa shape index (κ3) is 4.33. The topological polar surface area (TPSA) is 68.4 Å². The van der Waals surface area contributed by atoms with E-state index in [-0.39, 0.29) is 12.3 Å². The van der Waals surface area contributed by atoms with Gasteiger partial charge in [-0.1, -0.05) is 24.3 Å². The van der Waals surface area contributed by atoms with E-state index in [4.69, 9.17) is 4.74 Å². The summed E-state index contributed by atoms with van der Waals surface area (Å²) in [5.74, 6) is 0.712. The molecule has 1 unspecified atom stereocenters. The monoisotopic (exact) mass is 423 g/mol. The molecule has 0 amide bonds. The molecule has 4 rings (SSSR count). The van der Waals surface area contributed by atoms with E-state index in [0.717, 1.165) is 29.7 Å². The van der Waals surface area contributed by atoms with E-state index in [1.165, 1.54) is 10.4 Å². The van der Waals surface area contributed by atoms with E-state index in [1.807, 2.05) is 42.5 Å². The van der Waals surface area contributed by atoms with Crippen LogP contribution in [0.3, 0.4) is 0 Å². The number of hydrogen-bond acceptors (Lipinski definition) is 5. The van der Waals surface area contributed by atoms with Gasteiger partial charge in [-0.3, -0.25) is 9.13 Å². The van der Waals surface area contributed by atoms with Crippen LogP contribution in [0.5, 0.6) is 5.75 Å². The summed E-state index contributed by atoms with van der Waals surface area (Å²) in [6, 6.07) is 17.6. The van der Waals surface area contributed by atoms with Gasteiger partial charge in [0, 0.05) is 32.1 Å². The second kappa shape index (κ2) is 8.87. The Kier molecular flexibility index (Phi) is 6.03. The standard InChI is InChI=1S/C23H25N3O3S/c1-25-20-10-7-17(12-21(20)26(2)23(25)28)22(27)15-29-18-8-5-16(6-9-18)13-24-14-19-4-3-11-30-19/h3-12,22,24,27H,13-15H2,1-2H3. The number of benzene rings is 2. The molecule has 6 nitrogen and oxygen atoms in total. The highest BCUT2D eigenvalue weighted by Gasteiger charge is 2.13. The second-order valence-corrected chi connectivity index (χ2v) is 8.33. The molecule has 0 spiro atoms. The fourth-order valence-electron chi connectivity index (χ4n) is 3.45. The van der Waals surface area contributed by atoms with Crippen LogP contribution >= 0.6 is 11.3 Å². The van der Waals surface area contributed by atoms with Crippen molar-refractivity contribution in [2.75, 3.05) is 6.61 Å². The molecule has 156 valence electrons. The Bertz CT molecular complexity index is 1180. The van der Waals surface area contributed by atoms with Gasteiger partial charge in [0.25, 0.3) is 0 Å². The zero-order valence-electron chi connectivity index (χ0n) is 17.0. The van der Waals surface area contributed by atoms with E-state index in [2.05, 4.69) is 22.8 Å². The van der Waals surface area contributed by atoms with Crippen molar-refractivity contribution >= 4 is 22.4 Å². The molecule has 0 saturated carbocycles. The third-order valence-corrected chi connectivity index (χ3v) is 6.10. The molecule has 0 aliphatic heterocycles. The van der Waals surface area contributed by atoms with Gasteiger partial charge in [0.1, 0.15) is 18.5 Å². The molecular formula is C23H25N3O3S. The Balaban J connectivity index is 1.33. The van der Waals surface area contributed by atoms with Crippen molar-refractivity contribution in [2.45, 2.75) is 19.2 Å². The summed E-state index contributed by atoms with van der Waals surface area (Å²) in [6.45, 7) is 1.79. The van der Waals surface area contributed by atoms with E-state index < -0.39 is 6.10 Å². The lowest BCUT2D eigenvalue weighted by Gasteiger charge is -2.13. The Hall–Kier alpha value is -2.87. The van der Waals surface area contributed by atoms with E-state index in [0.29, 0.717) is 5.75 Å². The fourth-order valence-corrected chi connectivity index (χ4v) is 4.12. The molecule has 4 aromatic rings. The SMILES string of the molecule is Cn1c(=O)n(C)c2cc(C(O)COc3ccc(CNCc4cccs4)cc3)ccc21. The van der Waals surface area contributed by atoms with Gasteiger partial charge in [-0.15, -0.1) is 11.3 Å². The van der Waals surface area contributed by atoms with Gasteiger partial charge in [0.05, 0.1) is 11.0 Å². The number of nitrogens with one attached hydrogen (secondary N) is 1. The first-order valence-electron chi connectivity index (χ1n) is 9.81. The van der Waals surface area contributed by atoms with Gasteiger partial charge in [0.2, 0.25) is 0 Å². The first kappa shape index (κ1) is 20.4. The maximum atomic E-state index is 12.1. The van der Waals surface area contributed by atoms with Crippen molar-refractivity contribution < 1.29 is 9.84 Å². The number of imidazole rings is 1. The number of rotatable bonds is 8. The Labute approximate surface area is 179 Å². The summed E-state index contributed by atoms with van der Waals surface area (Å²) in [6.07, 6.45) is -0.781. The van der Waals surface area contributed by atoms with Crippen LogP contribution in [-0.4, -0.2) is 20.8 Å². The van der Waals surface area contributed by atoms with Gasteiger partial charge >= 0.3 is 5.69 Å². The number of ether oxygens (including phenoxy) is 1. The van der Waals surface area contributed by atoms with Crippen molar-refractivity contribution in [3.05, 3.63) is 86.5 Å². The molecule has 0 aliphatic carbocycles. The normalized spacial score (nSPS) is 12.4. The zero-order valence-corrected chi connectivity index (χ0v) is 17.9. The first-order valence-corrected chi connectivity index (χ1v) is 10.7. The van der Waals surface area contributed by atoms with Crippen LogP contribution in [-0.2, 0) is 27.2 Å². The summed E-state index contributed by atoms with van der Waals surface area (Å²) in [4.78, 5) is 13.4. The highest BCUT2D eigenvalue weighted by atomic mass is 32.1. The molecule has 2 aromatic carbocycles. The third-order valence-electron chi connectivity index (χ3n) is 5.22. The van der Waals surface area contributed by atoms with Crippen LogP contribution in [0.2, 0.25) is 0 Å². The van der Waals surface area contributed by atoms with Crippen LogP contribution in [0.15, 0.2) is 64.8 Å². The van der Waals surface area contributed by atoms with E-state index in [9.17, 15) is 9.90 Å². The summed E-state index contributed by atoms with van der Waals surface area (Å²) in [5.41, 5.74) is 3.44. The van der Waals surface area contributed by atoms with Crippen LogP contribution in [0.25, 0.3) is 11.0 Å². The lowest BCUT2D eigenvalue weighted by atomic mass is 10.1. The van der Waals surface area contributed by atoms with Crippen molar-refractivity contribution in [1.29, 1.82) is 0 Å². The zero-order chi connectivity index (χ0) is 21.1. The molecule has 2 N–H and O–H groups in total. The van der Waals surface area contributed by atoms with E-state index in [1.54, 1.807) is 34.6 Å². The molecule has 0 fully saturated rings. The van der Waals surface area contributed by atoms with Crippen molar-refractivity contribution in [2.24, 2.45) is 14.1 Å². The molecular weight excluding hydrogens is 398 g/mol. The van der Waals surface area contributed by atoms with Crippen LogP contribution in [0.4, 0.5) is 0 Å². The maximum Gasteiger partial charge on any atom is 0.328 e. The number of thiophene rings is 1. The van der Waals surface area contributed by atoms with Crippen molar-refractivity contribution in [3.63, 3.8) is 0 Å². The van der Waals surface area contributed by atoms with Gasteiger partial charge in [-0.25, -0.2) is 4.79 Å². The Morgan fingerprint density at radius 3 is 2.53 bits per heavy atom. The molecule has 0 bridgehead atoms. The molecule has 7 heteroatoms. The van der Waals surface area contributed by atoms with Gasteiger partial charge in [-0.2, -0.15) is 0 Å². The average molecular weight is 424 g/mol. The summed E-state index contributed by atoms with van der Waals surface area (Å²) in [7, 11) is 3.47. The predicted molar refractivity (Wildman–Crippen MR) is 120 cm³/mol. The predicted octanol–water partition coefficient (Wildman–Crippen LogP) is 3.34. The lowest BCUT2D eigenvalue weighted by Crippen LogP contribution is -2.19. The molecule has 0 aliphatic rings. The highest BCUT2D eigenvalue weighted by Crippen LogP contribution is 2.21. The molecule has 2 heterocycles. The van der Waals surface area contributed by atoms with Crippen molar-refractivity contribution in [3.8, 4) is 5.75 Å². The van der Waals surface area contributed by atoms with Crippen LogP contribution < -0.4 is 15.7 Å². The number of hydrogen-bond donors (Lipinski definition) is 2. The fraction of sp³-hybridized carbons (Fsp3) is 0.261. The minimum absolute atomic E-state index is 0.0853. The number of aromatic nitrogens is 2. The first-order chi connectivity index (χ1) is 14.5. The molecule has 2 aromatic heterocycles. The van der Waals surface area contributed by atoms with Crippen LogP contribution in [0, 0.1) is 0 Å². The average Bonchev–Trinajstić information content (AvgIpc) is 3.36. The molecule has 0 saturated heterocycles. The molecule has 1 atom stereocenters. The van der Waals surface area contributed by atoms with Gasteiger partial charge in [0.15, 0.2) is 0 Å². The number of fused-ring (bicyclic) bond motifs is 1. The smallest absolute Gasteiger partial charge is 0.328 e. The second-order valence-electron chi connectivity index (χ2n) is 7.30. The minimum atomic E-state index is -0.781. The largest absolute Gasteiger partial charge is 0.491 e. The molecule has 0 radical (unpaired) electrons. The van der Waals surface area contributed by atoms with Gasteiger partial charge in [-0.05, 0) is 46.8 Å². The minimum Gasteiger partial charge on any atom is -0.491 e. The number of nitrogens with zero attached hydrogens (tertiary/aromatic N) is 2. The Morgan fingerprint density at radius 2 is 1.80 bits per heavy atom. The highest BCUT2D eigenvalue weighted by molar-refractivity contribution is 7.09. The van der Waals surface area contributed by atoms with Crippen molar-refractivity contribution in [1.82, 2.24) is 14.5 Å². The maximum absolute atomic E-state index is 12.1. The lowest BCUT2D eigenvalue weighted by molar-refractivity contribution is 0.108. The van der Waals surface area contributed by atoms with Crippen LogP contribution in [0.1, 0.15) is 22.1 Å². The number of aliphatic hydroxyl groups is 1.